The average Bonchev–Trinajstić information content (AvgIpc) is 2.52. The van der Waals surface area contributed by atoms with Crippen molar-refractivity contribution in [2.75, 3.05) is 7.05 Å². The average molecular weight is 285 g/mol. The fraction of sp³-hybridized carbons (Fsp3) is 0.125. The van der Waals surface area contributed by atoms with E-state index in [1.807, 2.05) is 24.3 Å². The van der Waals surface area contributed by atoms with Crippen molar-refractivity contribution < 1.29 is 8.78 Å². The zero-order valence-corrected chi connectivity index (χ0v) is 11.3. The first-order chi connectivity index (χ1) is 10.2. The van der Waals surface area contributed by atoms with Gasteiger partial charge in [0.25, 0.3) is 0 Å². The molecule has 0 radical (unpaired) electrons. The second kappa shape index (κ2) is 5.54. The Morgan fingerprint density at radius 2 is 1.76 bits per heavy atom. The number of halogens is 2. The number of fused-ring (bicyclic) bond motifs is 1. The van der Waals surface area contributed by atoms with Crippen LogP contribution in [0.2, 0.25) is 0 Å². The molecule has 1 atom stereocenters. The maximum atomic E-state index is 14.0. The summed E-state index contributed by atoms with van der Waals surface area (Å²) in [5, 5.41) is 2.96. The molecule has 3 rings (SSSR count). The van der Waals surface area contributed by atoms with Crippen LogP contribution in [0.15, 0.2) is 48.7 Å². The molecule has 1 heterocycles. The van der Waals surface area contributed by atoms with Gasteiger partial charge in [-0.25, -0.2) is 13.8 Å². The molecule has 106 valence electrons. The predicted octanol–water partition coefficient (Wildman–Crippen LogP) is 3.22. The third-order valence-corrected chi connectivity index (χ3v) is 3.34. The van der Waals surface area contributed by atoms with Crippen LogP contribution >= 0.6 is 0 Å². The topological polar surface area (TPSA) is 37.8 Å². The molecule has 1 unspecified atom stereocenters. The number of rotatable bonds is 3. The second-order valence-corrected chi connectivity index (χ2v) is 4.65. The van der Waals surface area contributed by atoms with Gasteiger partial charge in [-0.2, -0.15) is 0 Å². The van der Waals surface area contributed by atoms with Crippen molar-refractivity contribution >= 4 is 11.0 Å². The van der Waals surface area contributed by atoms with E-state index in [9.17, 15) is 8.78 Å². The largest absolute Gasteiger partial charge is 0.308 e. The maximum Gasteiger partial charge on any atom is 0.163 e. The molecule has 0 spiro atoms. The third-order valence-electron chi connectivity index (χ3n) is 3.34. The first kappa shape index (κ1) is 13.6. The number of nitrogens with one attached hydrogen (secondary N) is 1. The molecular formula is C16H13F2N3. The molecule has 21 heavy (non-hydrogen) atoms. The van der Waals surface area contributed by atoms with Gasteiger partial charge in [-0.15, -0.1) is 0 Å². The molecule has 0 aliphatic carbocycles. The first-order valence-electron chi connectivity index (χ1n) is 6.53. The summed E-state index contributed by atoms with van der Waals surface area (Å²) in [5.41, 5.74) is 2.23. The van der Waals surface area contributed by atoms with Gasteiger partial charge in [0, 0.05) is 5.56 Å². The highest BCUT2D eigenvalue weighted by atomic mass is 19.2. The summed E-state index contributed by atoms with van der Waals surface area (Å²) in [4.78, 5) is 8.79. The fourth-order valence-electron chi connectivity index (χ4n) is 2.32. The van der Waals surface area contributed by atoms with Gasteiger partial charge in [0.2, 0.25) is 0 Å². The third kappa shape index (κ3) is 2.48. The minimum Gasteiger partial charge on any atom is -0.308 e. The minimum absolute atomic E-state index is 0.210. The second-order valence-electron chi connectivity index (χ2n) is 4.65. The molecule has 5 heteroatoms. The van der Waals surface area contributed by atoms with Crippen molar-refractivity contribution in [1.29, 1.82) is 0 Å². The lowest BCUT2D eigenvalue weighted by Gasteiger charge is -2.17. The Morgan fingerprint density at radius 1 is 1.00 bits per heavy atom. The molecule has 1 aromatic heterocycles. The highest BCUT2D eigenvalue weighted by Crippen LogP contribution is 2.24. The van der Waals surface area contributed by atoms with Gasteiger partial charge in [0.1, 0.15) is 0 Å². The van der Waals surface area contributed by atoms with Crippen LogP contribution in [-0.2, 0) is 0 Å². The van der Waals surface area contributed by atoms with E-state index >= 15 is 0 Å². The van der Waals surface area contributed by atoms with Crippen LogP contribution in [0.3, 0.4) is 0 Å². The number of benzene rings is 2. The summed E-state index contributed by atoms with van der Waals surface area (Å²) in [6, 6.07) is 11.0. The van der Waals surface area contributed by atoms with Gasteiger partial charge >= 0.3 is 0 Å². The van der Waals surface area contributed by atoms with Gasteiger partial charge in [-0.05, 0) is 25.2 Å². The van der Waals surface area contributed by atoms with E-state index in [-0.39, 0.29) is 5.56 Å². The van der Waals surface area contributed by atoms with Gasteiger partial charge in [0.05, 0.1) is 29.0 Å². The molecule has 0 fully saturated rings. The molecular weight excluding hydrogens is 272 g/mol. The monoisotopic (exact) mass is 285 g/mol. The minimum atomic E-state index is -0.874. The molecule has 0 saturated carbocycles. The van der Waals surface area contributed by atoms with Crippen molar-refractivity contribution in [3.63, 3.8) is 0 Å². The number of aromatic nitrogens is 2. The summed E-state index contributed by atoms with van der Waals surface area (Å²) in [7, 11) is 1.67. The Bertz CT molecular complexity index is 789. The van der Waals surface area contributed by atoms with E-state index in [2.05, 4.69) is 15.3 Å². The standard InChI is InChI=1S/C16H13F2N3/c1-19-16(10-5-4-6-11(17)15(10)18)14-9-20-12-7-2-3-8-13(12)21-14/h2-9,16,19H,1H3. The molecule has 0 bridgehead atoms. The molecule has 3 nitrogen and oxygen atoms in total. The Morgan fingerprint density at radius 3 is 2.52 bits per heavy atom. The highest BCUT2D eigenvalue weighted by molar-refractivity contribution is 5.73. The number of hydrogen-bond acceptors (Lipinski definition) is 3. The lowest BCUT2D eigenvalue weighted by molar-refractivity contribution is 0.485. The Labute approximate surface area is 120 Å². The van der Waals surface area contributed by atoms with Gasteiger partial charge in [-0.3, -0.25) is 4.98 Å². The van der Waals surface area contributed by atoms with E-state index in [1.54, 1.807) is 13.2 Å². The van der Waals surface area contributed by atoms with Gasteiger partial charge in [0.15, 0.2) is 11.6 Å². The Hall–Kier alpha value is -2.40. The summed E-state index contributed by atoms with van der Waals surface area (Å²) in [5.74, 6) is -1.74. The Balaban J connectivity index is 2.11. The van der Waals surface area contributed by atoms with E-state index < -0.39 is 17.7 Å². The summed E-state index contributed by atoms with van der Waals surface area (Å²) in [6.07, 6.45) is 1.58. The maximum absolute atomic E-state index is 14.0. The number of para-hydroxylation sites is 2. The van der Waals surface area contributed by atoms with Crippen LogP contribution in [0.25, 0.3) is 11.0 Å². The number of nitrogens with zero attached hydrogens (tertiary/aromatic N) is 2. The summed E-state index contributed by atoms with van der Waals surface area (Å²) < 4.78 is 27.4. The lowest BCUT2D eigenvalue weighted by Crippen LogP contribution is -2.21. The van der Waals surface area contributed by atoms with Gasteiger partial charge < -0.3 is 5.32 Å². The molecule has 0 amide bonds. The normalized spacial score (nSPS) is 12.5. The zero-order chi connectivity index (χ0) is 14.8. The Kier molecular flexibility index (Phi) is 3.58. The van der Waals surface area contributed by atoms with Crippen LogP contribution in [0.4, 0.5) is 8.78 Å². The van der Waals surface area contributed by atoms with Crippen molar-refractivity contribution in [2.45, 2.75) is 6.04 Å². The summed E-state index contributed by atoms with van der Waals surface area (Å²) in [6.45, 7) is 0. The van der Waals surface area contributed by atoms with E-state index in [0.29, 0.717) is 11.2 Å². The van der Waals surface area contributed by atoms with Gasteiger partial charge in [-0.1, -0.05) is 24.3 Å². The SMILES string of the molecule is CNC(c1cnc2ccccc2n1)c1cccc(F)c1F. The first-order valence-corrected chi connectivity index (χ1v) is 6.53. The van der Waals surface area contributed by atoms with Crippen molar-refractivity contribution in [2.24, 2.45) is 0 Å². The molecule has 3 aromatic rings. The predicted molar refractivity (Wildman–Crippen MR) is 76.8 cm³/mol. The summed E-state index contributed by atoms with van der Waals surface area (Å²) >= 11 is 0. The van der Waals surface area contributed by atoms with E-state index in [1.165, 1.54) is 12.1 Å². The molecule has 0 saturated heterocycles. The van der Waals surface area contributed by atoms with Crippen LogP contribution in [-0.4, -0.2) is 17.0 Å². The van der Waals surface area contributed by atoms with Crippen molar-refractivity contribution in [1.82, 2.24) is 15.3 Å². The molecule has 1 N–H and O–H groups in total. The van der Waals surface area contributed by atoms with Crippen LogP contribution in [0.5, 0.6) is 0 Å². The van der Waals surface area contributed by atoms with Crippen molar-refractivity contribution in [3.8, 4) is 0 Å². The van der Waals surface area contributed by atoms with Crippen LogP contribution < -0.4 is 5.32 Å². The molecule has 0 aliphatic heterocycles. The lowest BCUT2D eigenvalue weighted by atomic mass is 10.0. The smallest absolute Gasteiger partial charge is 0.163 e. The van der Waals surface area contributed by atoms with Crippen LogP contribution in [0, 0.1) is 11.6 Å². The highest BCUT2D eigenvalue weighted by Gasteiger charge is 2.20. The van der Waals surface area contributed by atoms with E-state index in [0.717, 1.165) is 11.6 Å². The van der Waals surface area contributed by atoms with Crippen LogP contribution in [0.1, 0.15) is 17.3 Å². The van der Waals surface area contributed by atoms with Crippen molar-refractivity contribution in [3.05, 3.63) is 71.6 Å². The fourth-order valence-corrected chi connectivity index (χ4v) is 2.32. The number of hydrogen-bond donors (Lipinski definition) is 1. The molecule has 0 aliphatic rings. The van der Waals surface area contributed by atoms with E-state index in [4.69, 9.17) is 0 Å². The molecule has 2 aromatic carbocycles. The zero-order valence-electron chi connectivity index (χ0n) is 11.3. The quantitative estimate of drug-likeness (QED) is 0.803.